The number of aromatic hydroxyl groups is 2. The van der Waals surface area contributed by atoms with E-state index in [1.165, 1.54) is 42.6 Å². The Morgan fingerprint density at radius 3 is 2.45 bits per heavy atom. The van der Waals surface area contributed by atoms with Gasteiger partial charge in [-0.15, -0.1) is 11.8 Å². The van der Waals surface area contributed by atoms with Gasteiger partial charge in [-0.3, -0.25) is 9.59 Å². The molecular formula is C24H24O6S. The molecule has 0 spiro atoms. The lowest BCUT2D eigenvalue weighted by atomic mass is 9.92. The molecule has 1 unspecified atom stereocenters. The summed E-state index contributed by atoms with van der Waals surface area (Å²) in [5.41, 5.74) is 2.31. The first-order chi connectivity index (χ1) is 14.8. The van der Waals surface area contributed by atoms with Crippen molar-refractivity contribution in [2.24, 2.45) is 0 Å². The smallest absolute Gasteiger partial charge is 0.306 e. The van der Waals surface area contributed by atoms with E-state index in [2.05, 4.69) is 6.07 Å². The van der Waals surface area contributed by atoms with Gasteiger partial charge in [0.1, 0.15) is 11.5 Å². The third-order valence-corrected chi connectivity index (χ3v) is 6.11. The molecule has 3 aromatic rings. The van der Waals surface area contributed by atoms with Crippen LogP contribution < -0.4 is 5.43 Å². The second-order valence-electron chi connectivity index (χ2n) is 7.27. The number of rotatable bonds is 7. The normalized spacial score (nSPS) is 11.8. The lowest BCUT2D eigenvalue weighted by Gasteiger charge is -2.17. The summed E-state index contributed by atoms with van der Waals surface area (Å²) in [6.45, 7) is 4.04. The fourth-order valence-corrected chi connectivity index (χ4v) is 4.18. The zero-order valence-corrected chi connectivity index (χ0v) is 18.4. The van der Waals surface area contributed by atoms with Crippen molar-refractivity contribution in [3.63, 3.8) is 0 Å². The summed E-state index contributed by atoms with van der Waals surface area (Å²) in [4.78, 5) is 25.5. The third kappa shape index (κ3) is 5.49. The molecule has 0 aliphatic rings. The Balaban J connectivity index is 1.97. The number of aryl methyl sites for hydroxylation is 2. The van der Waals surface area contributed by atoms with Crippen molar-refractivity contribution in [3.05, 3.63) is 87.0 Å². The standard InChI is InChI=1S/C24H24O6S/c1-14-4-9-21(15(2)10-14)31-13-18-11-20(26)23(28)24(30-18)19(12-22(27)29-3)16-5-7-17(25)8-6-16/h4-11,19,25,28H,12-13H2,1-3H3. The van der Waals surface area contributed by atoms with E-state index in [-0.39, 0.29) is 17.9 Å². The average molecular weight is 441 g/mol. The molecule has 0 aliphatic carbocycles. The number of ether oxygens (including phenoxy) is 1. The first-order valence-electron chi connectivity index (χ1n) is 9.70. The van der Waals surface area contributed by atoms with E-state index >= 15 is 0 Å². The molecule has 31 heavy (non-hydrogen) atoms. The molecule has 0 saturated carbocycles. The molecule has 1 heterocycles. The number of hydrogen-bond donors (Lipinski definition) is 2. The number of benzene rings is 2. The van der Waals surface area contributed by atoms with Crippen LogP contribution in [0.15, 0.2) is 62.6 Å². The Morgan fingerprint density at radius 2 is 1.81 bits per heavy atom. The Kier molecular flexibility index (Phi) is 7.07. The number of carbonyl (C=O) groups is 1. The van der Waals surface area contributed by atoms with Gasteiger partial charge in [0.05, 0.1) is 25.2 Å². The minimum atomic E-state index is -0.744. The summed E-state index contributed by atoms with van der Waals surface area (Å²) in [5.74, 6) is -0.974. The highest BCUT2D eigenvalue weighted by molar-refractivity contribution is 7.98. The maximum Gasteiger partial charge on any atom is 0.306 e. The van der Waals surface area contributed by atoms with Gasteiger partial charge in [0.2, 0.25) is 11.2 Å². The molecule has 0 amide bonds. The van der Waals surface area contributed by atoms with Crippen molar-refractivity contribution in [2.45, 2.75) is 36.8 Å². The van der Waals surface area contributed by atoms with Gasteiger partial charge in [0.15, 0.2) is 5.76 Å². The Morgan fingerprint density at radius 1 is 1.10 bits per heavy atom. The van der Waals surface area contributed by atoms with Crippen molar-refractivity contribution in [2.75, 3.05) is 7.11 Å². The molecule has 162 valence electrons. The maximum atomic E-state index is 12.5. The SMILES string of the molecule is COC(=O)CC(c1ccc(O)cc1)c1oc(CSc2ccc(C)cc2C)cc(=O)c1O. The molecule has 6 nitrogen and oxygen atoms in total. The largest absolute Gasteiger partial charge is 0.508 e. The van der Waals surface area contributed by atoms with Crippen LogP contribution in [0.5, 0.6) is 11.5 Å². The monoisotopic (exact) mass is 440 g/mol. The predicted molar refractivity (Wildman–Crippen MR) is 119 cm³/mol. The van der Waals surface area contributed by atoms with Crippen LogP contribution in [0.4, 0.5) is 0 Å². The van der Waals surface area contributed by atoms with Crippen LogP contribution in [0.1, 0.15) is 40.5 Å². The van der Waals surface area contributed by atoms with Crippen LogP contribution in [0.2, 0.25) is 0 Å². The van der Waals surface area contributed by atoms with Gasteiger partial charge < -0.3 is 19.4 Å². The Labute approximate surface area is 184 Å². The number of phenols is 1. The van der Waals surface area contributed by atoms with Gasteiger partial charge in [-0.25, -0.2) is 0 Å². The summed E-state index contributed by atoms with van der Waals surface area (Å²) in [7, 11) is 1.27. The lowest BCUT2D eigenvalue weighted by molar-refractivity contribution is -0.140. The highest BCUT2D eigenvalue weighted by Gasteiger charge is 2.26. The lowest BCUT2D eigenvalue weighted by Crippen LogP contribution is -2.14. The zero-order valence-electron chi connectivity index (χ0n) is 17.5. The van der Waals surface area contributed by atoms with Crippen LogP contribution in [-0.2, 0) is 15.3 Å². The highest BCUT2D eigenvalue weighted by Crippen LogP contribution is 2.35. The summed E-state index contributed by atoms with van der Waals surface area (Å²) in [6, 6.07) is 13.5. The van der Waals surface area contributed by atoms with E-state index in [9.17, 15) is 19.8 Å². The maximum absolute atomic E-state index is 12.5. The van der Waals surface area contributed by atoms with Gasteiger partial charge in [-0.05, 0) is 43.2 Å². The molecule has 3 rings (SSSR count). The van der Waals surface area contributed by atoms with Crippen molar-refractivity contribution >= 4 is 17.7 Å². The third-order valence-electron chi connectivity index (χ3n) is 4.91. The van der Waals surface area contributed by atoms with Gasteiger partial charge >= 0.3 is 5.97 Å². The van der Waals surface area contributed by atoms with Gasteiger partial charge in [-0.1, -0.05) is 29.8 Å². The quantitative estimate of drug-likeness (QED) is 0.407. The first kappa shape index (κ1) is 22.5. The molecule has 0 saturated heterocycles. The summed E-state index contributed by atoms with van der Waals surface area (Å²) >= 11 is 1.52. The van der Waals surface area contributed by atoms with E-state index in [1.54, 1.807) is 12.1 Å². The van der Waals surface area contributed by atoms with Gasteiger partial charge in [-0.2, -0.15) is 0 Å². The van der Waals surface area contributed by atoms with Crippen LogP contribution in [0, 0.1) is 13.8 Å². The zero-order chi connectivity index (χ0) is 22.5. The first-order valence-corrected chi connectivity index (χ1v) is 10.7. The summed E-state index contributed by atoms with van der Waals surface area (Å²) < 4.78 is 10.7. The molecule has 1 atom stereocenters. The number of thioether (sulfide) groups is 1. The summed E-state index contributed by atoms with van der Waals surface area (Å²) in [5, 5.41) is 20.0. The molecule has 1 aromatic heterocycles. The Hall–Kier alpha value is -3.19. The van der Waals surface area contributed by atoms with E-state index in [4.69, 9.17) is 9.15 Å². The van der Waals surface area contributed by atoms with Crippen molar-refractivity contribution in [3.8, 4) is 11.5 Å². The van der Waals surface area contributed by atoms with E-state index in [0.717, 1.165) is 10.5 Å². The average Bonchev–Trinajstić information content (AvgIpc) is 2.74. The van der Waals surface area contributed by atoms with Crippen molar-refractivity contribution < 1.29 is 24.2 Å². The minimum absolute atomic E-state index is 0.000169. The molecular weight excluding hydrogens is 416 g/mol. The van der Waals surface area contributed by atoms with Crippen LogP contribution in [0.25, 0.3) is 0 Å². The second-order valence-corrected chi connectivity index (χ2v) is 8.29. The van der Waals surface area contributed by atoms with Crippen molar-refractivity contribution in [1.82, 2.24) is 0 Å². The second kappa shape index (κ2) is 9.75. The number of methoxy groups -OCH3 is 1. The number of phenolic OH excluding ortho intramolecular Hbond substituents is 1. The molecule has 0 radical (unpaired) electrons. The van der Waals surface area contributed by atoms with Gasteiger partial charge in [0.25, 0.3) is 0 Å². The molecule has 7 heteroatoms. The molecule has 0 aliphatic heterocycles. The molecule has 2 N–H and O–H groups in total. The number of esters is 1. The van der Waals surface area contributed by atoms with E-state index in [0.29, 0.717) is 17.1 Å². The fourth-order valence-electron chi connectivity index (χ4n) is 3.29. The van der Waals surface area contributed by atoms with Crippen LogP contribution >= 0.6 is 11.8 Å². The topological polar surface area (TPSA) is 97.0 Å². The number of carbonyl (C=O) groups excluding carboxylic acids is 1. The van der Waals surface area contributed by atoms with Crippen molar-refractivity contribution in [1.29, 1.82) is 0 Å². The van der Waals surface area contributed by atoms with Crippen LogP contribution in [0.3, 0.4) is 0 Å². The van der Waals surface area contributed by atoms with E-state index in [1.807, 2.05) is 26.0 Å². The molecule has 0 fully saturated rings. The van der Waals surface area contributed by atoms with Crippen LogP contribution in [-0.4, -0.2) is 23.3 Å². The fraction of sp³-hybridized carbons (Fsp3) is 0.250. The Bertz CT molecular complexity index is 1130. The number of hydrogen-bond acceptors (Lipinski definition) is 7. The minimum Gasteiger partial charge on any atom is -0.508 e. The van der Waals surface area contributed by atoms with E-state index < -0.39 is 23.1 Å². The molecule has 0 bridgehead atoms. The predicted octanol–water partition coefficient (Wildman–Crippen LogP) is 4.66. The summed E-state index contributed by atoms with van der Waals surface area (Å²) in [6.07, 6.45) is -0.133. The highest BCUT2D eigenvalue weighted by atomic mass is 32.2. The van der Waals surface area contributed by atoms with Gasteiger partial charge in [0, 0.05) is 11.0 Å². The molecule has 2 aromatic carbocycles.